The van der Waals surface area contributed by atoms with Gasteiger partial charge in [0, 0.05) is 27.7 Å². The lowest BCUT2D eigenvalue weighted by Gasteiger charge is -2.10. The molecule has 0 aromatic heterocycles. The SMILES string of the molecule is COc1c(Br)cc(Br)cc1/C=N/NC(=O)/C(=C\c1ccc([N+](=O)[O-])cc1)NC(=O)c1ccccc1. The Bertz CT molecular complexity index is 1310. The van der Waals surface area contributed by atoms with Gasteiger partial charge in [-0.1, -0.05) is 34.1 Å². The van der Waals surface area contributed by atoms with Gasteiger partial charge in [-0.3, -0.25) is 19.7 Å². The van der Waals surface area contributed by atoms with Gasteiger partial charge in [0.15, 0.2) is 0 Å². The Kier molecular flexibility index (Phi) is 8.87. The molecule has 2 amide bonds. The maximum Gasteiger partial charge on any atom is 0.287 e. The summed E-state index contributed by atoms with van der Waals surface area (Å²) in [5.74, 6) is -0.683. The summed E-state index contributed by atoms with van der Waals surface area (Å²) in [5, 5.41) is 17.5. The number of rotatable bonds is 8. The average Bonchev–Trinajstić information content (AvgIpc) is 2.84. The Morgan fingerprint density at radius 3 is 2.37 bits per heavy atom. The molecule has 0 radical (unpaired) electrons. The fourth-order valence-corrected chi connectivity index (χ4v) is 4.33. The molecule has 0 atom stereocenters. The minimum atomic E-state index is -0.697. The van der Waals surface area contributed by atoms with E-state index in [0.717, 1.165) is 4.47 Å². The molecule has 0 heterocycles. The van der Waals surface area contributed by atoms with Crippen molar-refractivity contribution in [1.29, 1.82) is 0 Å². The molecule has 35 heavy (non-hydrogen) atoms. The Morgan fingerprint density at radius 1 is 1.06 bits per heavy atom. The van der Waals surface area contributed by atoms with E-state index in [9.17, 15) is 19.7 Å². The summed E-state index contributed by atoms with van der Waals surface area (Å²) in [7, 11) is 1.51. The van der Waals surface area contributed by atoms with Crippen LogP contribution in [-0.2, 0) is 4.79 Å². The van der Waals surface area contributed by atoms with E-state index in [4.69, 9.17) is 4.74 Å². The van der Waals surface area contributed by atoms with Crippen LogP contribution >= 0.6 is 31.9 Å². The van der Waals surface area contributed by atoms with Crippen LogP contribution in [0.25, 0.3) is 6.08 Å². The molecule has 178 valence electrons. The van der Waals surface area contributed by atoms with Crippen LogP contribution in [0.4, 0.5) is 5.69 Å². The minimum Gasteiger partial charge on any atom is -0.495 e. The van der Waals surface area contributed by atoms with E-state index in [-0.39, 0.29) is 11.4 Å². The van der Waals surface area contributed by atoms with Gasteiger partial charge in [0.25, 0.3) is 17.5 Å². The average molecular weight is 602 g/mol. The van der Waals surface area contributed by atoms with E-state index in [1.807, 2.05) is 0 Å². The number of nitro benzene ring substituents is 1. The Morgan fingerprint density at radius 2 is 1.74 bits per heavy atom. The third-order valence-corrected chi connectivity index (χ3v) is 5.60. The number of carbonyl (C=O) groups is 2. The first-order chi connectivity index (χ1) is 16.8. The number of hydrazone groups is 1. The van der Waals surface area contributed by atoms with E-state index in [2.05, 4.69) is 47.7 Å². The van der Waals surface area contributed by atoms with Gasteiger partial charge in [-0.05, 0) is 64.0 Å². The third-order valence-electron chi connectivity index (χ3n) is 4.55. The number of hydrogen-bond acceptors (Lipinski definition) is 6. The highest BCUT2D eigenvalue weighted by Gasteiger charge is 2.15. The van der Waals surface area contributed by atoms with Gasteiger partial charge in [0.05, 0.1) is 22.7 Å². The number of benzene rings is 3. The van der Waals surface area contributed by atoms with Crippen molar-refractivity contribution in [2.45, 2.75) is 0 Å². The summed E-state index contributed by atoms with van der Waals surface area (Å²) in [6.07, 6.45) is 2.79. The Hall–Kier alpha value is -3.83. The molecule has 2 N–H and O–H groups in total. The number of carbonyl (C=O) groups excluding carboxylic acids is 2. The second-order valence-corrected chi connectivity index (χ2v) is 8.71. The number of ether oxygens (including phenoxy) is 1. The van der Waals surface area contributed by atoms with Gasteiger partial charge >= 0.3 is 0 Å². The highest BCUT2D eigenvalue weighted by Crippen LogP contribution is 2.31. The summed E-state index contributed by atoms with van der Waals surface area (Å²) in [4.78, 5) is 35.9. The molecule has 11 heteroatoms. The summed E-state index contributed by atoms with van der Waals surface area (Å²) < 4.78 is 6.82. The molecule has 0 bridgehead atoms. The lowest BCUT2D eigenvalue weighted by molar-refractivity contribution is -0.384. The predicted molar refractivity (Wildman–Crippen MR) is 139 cm³/mol. The number of hydrogen-bond donors (Lipinski definition) is 2. The van der Waals surface area contributed by atoms with E-state index < -0.39 is 16.7 Å². The van der Waals surface area contributed by atoms with E-state index in [1.54, 1.807) is 42.5 Å². The number of halogens is 2. The van der Waals surface area contributed by atoms with Crippen LogP contribution in [-0.4, -0.2) is 30.1 Å². The van der Waals surface area contributed by atoms with Gasteiger partial charge in [0.2, 0.25) is 0 Å². The third kappa shape index (κ3) is 7.08. The quantitative estimate of drug-likeness (QED) is 0.162. The van der Waals surface area contributed by atoms with Gasteiger partial charge in [-0.15, -0.1) is 0 Å². The zero-order chi connectivity index (χ0) is 25.4. The zero-order valence-corrected chi connectivity index (χ0v) is 21.4. The van der Waals surface area contributed by atoms with Crippen LogP contribution in [0, 0.1) is 10.1 Å². The van der Waals surface area contributed by atoms with Crippen LogP contribution in [0.2, 0.25) is 0 Å². The molecular weight excluding hydrogens is 584 g/mol. The van der Waals surface area contributed by atoms with Crippen LogP contribution in [0.5, 0.6) is 5.75 Å². The second-order valence-electron chi connectivity index (χ2n) is 6.94. The van der Waals surface area contributed by atoms with Crippen molar-refractivity contribution in [2.75, 3.05) is 7.11 Å². The summed E-state index contributed by atoms with van der Waals surface area (Å²) in [6.45, 7) is 0. The molecule has 9 nitrogen and oxygen atoms in total. The zero-order valence-electron chi connectivity index (χ0n) is 18.2. The fourth-order valence-electron chi connectivity index (χ4n) is 2.91. The fraction of sp³-hybridized carbons (Fsp3) is 0.0417. The largest absolute Gasteiger partial charge is 0.495 e. The molecule has 0 aliphatic rings. The smallest absolute Gasteiger partial charge is 0.287 e. The number of nitro groups is 1. The molecule has 3 aromatic carbocycles. The first-order valence-electron chi connectivity index (χ1n) is 9.97. The second kappa shape index (κ2) is 12.0. The molecule has 0 unspecified atom stereocenters. The maximum atomic E-state index is 12.9. The van der Waals surface area contributed by atoms with Crippen molar-refractivity contribution in [3.8, 4) is 5.75 Å². The number of methoxy groups -OCH3 is 1. The molecule has 0 saturated carbocycles. The standard InChI is InChI=1S/C24H18Br2N4O5/c1-35-22-17(12-18(25)13-20(22)26)14-27-29-24(32)21(28-23(31)16-5-3-2-4-6-16)11-15-7-9-19(10-8-15)30(33)34/h2-14H,1H3,(H,28,31)(H,29,32)/b21-11+,27-14+. The minimum absolute atomic E-state index is 0.0970. The normalized spacial score (nSPS) is 11.2. The first kappa shape index (κ1) is 25.8. The Balaban J connectivity index is 1.86. The maximum absolute atomic E-state index is 12.9. The first-order valence-corrected chi connectivity index (χ1v) is 11.6. The number of nitrogens with one attached hydrogen (secondary N) is 2. The summed E-state index contributed by atoms with van der Waals surface area (Å²) >= 11 is 6.79. The monoisotopic (exact) mass is 600 g/mol. The van der Waals surface area contributed by atoms with E-state index in [0.29, 0.717) is 26.9 Å². The molecule has 3 rings (SSSR count). The van der Waals surface area contributed by atoms with Gasteiger partial charge in [-0.2, -0.15) is 5.10 Å². The van der Waals surface area contributed by atoms with Crippen molar-refractivity contribution < 1.29 is 19.2 Å². The van der Waals surface area contributed by atoms with Crippen molar-refractivity contribution in [3.05, 3.63) is 108 Å². The van der Waals surface area contributed by atoms with Crippen molar-refractivity contribution >= 4 is 61.7 Å². The number of non-ortho nitro benzene ring substituents is 1. The van der Waals surface area contributed by atoms with Gasteiger partial charge in [-0.25, -0.2) is 5.43 Å². The topological polar surface area (TPSA) is 123 Å². The van der Waals surface area contributed by atoms with Crippen molar-refractivity contribution in [1.82, 2.24) is 10.7 Å². The highest BCUT2D eigenvalue weighted by molar-refractivity contribution is 9.11. The molecule has 0 aliphatic heterocycles. The highest BCUT2D eigenvalue weighted by atomic mass is 79.9. The van der Waals surface area contributed by atoms with Gasteiger partial charge < -0.3 is 10.1 Å². The van der Waals surface area contributed by atoms with Crippen LogP contribution in [0.3, 0.4) is 0 Å². The predicted octanol–water partition coefficient (Wildman–Crippen LogP) is 5.05. The summed E-state index contributed by atoms with van der Waals surface area (Å²) in [6, 6.07) is 17.5. The van der Waals surface area contributed by atoms with E-state index in [1.165, 1.54) is 43.7 Å². The van der Waals surface area contributed by atoms with Crippen LogP contribution in [0.15, 0.2) is 86.5 Å². The van der Waals surface area contributed by atoms with E-state index >= 15 is 0 Å². The summed E-state index contributed by atoms with van der Waals surface area (Å²) in [5.41, 5.74) is 3.58. The van der Waals surface area contributed by atoms with Crippen molar-refractivity contribution in [3.63, 3.8) is 0 Å². The number of nitrogens with zero attached hydrogens (tertiary/aromatic N) is 2. The lowest BCUT2D eigenvalue weighted by Crippen LogP contribution is -2.32. The molecule has 0 saturated heterocycles. The molecule has 0 aliphatic carbocycles. The van der Waals surface area contributed by atoms with Crippen LogP contribution < -0.4 is 15.5 Å². The van der Waals surface area contributed by atoms with Crippen molar-refractivity contribution in [2.24, 2.45) is 5.10 Å². The molecule has 0 spiro atoms. The number of amides is 2. The lowest BCUT2D eigenvalue weighted by atomic mass is 10.1. The van der Waals surface area contributed by atoms with Gasteiger partial charge in [0.1, 0.15) is 11.4 Å². The van der Waals surface area contributed by atoms with Crippen LogP contribution in [0.1, 0.15) is 21.5 Å². The molecule has 3 aromatic rings. The molecular formula is C24H18Br2N4O5. The Labute approximate surface area is 217 Å². The molecule has 0 fully saturated rings.